The van der Waals surface area contributed by atoms with E-state index in [0.717, 1.165) is 32.5 Å². The molecule has 3 nitrogen and oxygen atoms in total. The summed E-state index contributed by atoms with van der Waals surface area (Å²) in [6.07, 6.45) is 12.2. The van der Waals surface area contributed by atoms with Gasteiger partial charge in [-0.05, 0) is 19.3 Å². The molecule has 0 bridgehead atoms. The van der Waals surface area contributed by atoms with Crippen LogP contribution >= 0.6 is 0 Å². The molecule has 0 aliphatic carbocycles. The van der Waals surface area contributed by atoms with E-state index in [1.54, 1.807) is 14.2 Å². The van der Waals surface area contributed by atoms with E-state index in [9.17, 15) is 0 Å². The van der Waals surface area contributed by atoms with Crippen molar-refractivity contribution in [3.05, 3.63) is 0 Å². The minimum atomic E-state index is -0.445. The minimum absolute atomic E-state index is 0.417. The third-order valence-electron chi connectivity index (χ3n) is 4.59. The summed E-state index contributed by atoms with van der Waals surface area (Å²) in [5.74, 6) is -0.0289. The van der Waals surface area contributed by atoms with Gasteiger partial charge in [0.1, 0.15) is 0 Å². The van der Waals surface area contributed by atoms with E-state index >= 15 is 0 Å². The first kappa shape index (κ1) is 21.9. The first-order chi connectivity index (χ1) is 10.7. The molecule has 0 aliphatic rings. The monoisotopic (exact) mass is 316 g/mol. The molecule has 0 radical (unpaired) electrons. The van der Waals surface area contributed by atoms with Crippen LogP contribution in [-0.2, 0) is 14.2 Å². The Kier molecular flexibility index (Phi) is 14.4. The van der Waals surface area contributed by atoms with E-state index in [1.807, 2.05) is 0 Å². The Labute approximate surface area is 139 Å². The largest absolute Gasteiger partial charge is 0.381 e. The number of hydrogen-bond acceptors (Lipinski definition) is 3. The first-order valence-corrected chi connectivity index (χ1v) is 9.34. The number of ether oxygens (including phenoxy) is 3. The van der Waals surface area contributed by atoms with Gasteiger partial charge < -0.3 is 14.2 Å². The molecule has 0 aromatic heterocycles. The third kappa shape index (κ3) is 9.12. The molecule has 0 fully saturated rings. The highest BCUT2D eigenvalue weighted by Gasteiger charge is 2.35. The zero-order valence-electron chi connectivity index (χ0n) is 15.8. The van der Waals surface area contributed by atoms with Crippen LogP contribution in [-0.4, -0.2) is 33.2 Å². The molecule has 0 rings (SSSR count). The SMILES string of the molecule is CCCCCCCC[C@@H](C)C(CCCOCCC)(OC)OC. The van der Waals surface area contributed by atoms with Crippen LogP contribution in [0.15, 0.2) is 0 Å². The van der Waals surface area contributed by atoms with Crippen LogP contribution in [0.25, 0.3) is 0 Å². The molecule has 0 saturated heterocycles. The Morgan fingerprint density at radius 1 is 0.773 bits per heavy atom. The lowest BCUT2D eigenvalue weighted by Gasteiger charge is -2.37. The van der Waals surface area contributed by atoms with Gasteiger partial charge in [-0.3, -0.25) is 0 Å². The zero-order chi connectivity index (χ0) is 16.7. The second kappa shape index (κ2) is 14.5. The fraction of sp³-hybridized carbons (Fsp3) is 1.00. The summed E-state index contributed by atoms with van der Waals surface area (Å²) >= 11 is 0. The molecular formula is C19H40O3. The predicted molar refractivity (Wildman–Crippen MR) is 94.3 cm³/mol. The van der Waals surface area contributed by atoms with Gasteiger partial charge in [-0.1, -0.05) is 59.3 Å². The summed E-state index contributed by atoms with van der Waals surface area (Å²) in [6, 6.07) is 0. The summed E-state index contributed by atoms with van der Waals surface area (Å²) in [4.78, 5) is 0. The van der Waals surface area contributed by atoms with Crippen molar-refractivity contribution in [3.63, 3.8) is 0 Å². The highest BCUT2D eigenvalue weighted by molar-refractivity contribution is 4.76. The third-order valence-corrected chi connectivity index (χ3v) is 4.59. The van der Waals surface area contributed by atoms with Crippen molar-refractivity contribution < 1.29 is 14.2 Å². The lowest BCUT2D eigenvalue weighted by atomic mass is 9.90. The molecule has 0 amide bonds. The topological polar surface area (TPSA) is 27.7 Å². The van der Waals surface area contributed by atoms with Crippen molar-refractivity contribution >= 4 is 0 Å². The Morgan fingerprint density at radius 3 is 2.00 bits per heavy atom. The maximum Gasteiger partial charge on any atom is 0.170 e. The number of methoxy groups -OCH3 is 2. The minimum Gasteiger partial charge on any atom is -0.381 e. The van der Waals surface area contributed by atoms with Gasteiger partial charge in [-0.15, -0.1) is 0 Å². The van der Waals surface area contributed by atoms with Crippen LogP contribution < -0.4 is 0 Å². The maximum absolute atomic E-state index is 5.77. The highest BCUT2D eigenvalue weighted by atomic mass is 16.7. The van der Waals surface area contributed by atoms with Crippen LogP contribution in [0.2, 0.25) is 0 Å². The lowest BCUT2D eigenvalue weighted by molar-refractivity contribution is -0.243. The molecule has 0 unspecified atom stereocenters. The van der Waals surface area contributed by atoms with E-state index in [1.165, 1.54) is 44.9 Å². The molecule has 0 heterocycles. The van der Waals surface area contributed by atoms with Crippen LogP contribution in [0.5, 0.6) is 0 Å². The van der Waals surface area contributed by atoms with Crippen molar-refractivity contribution in [2.45, 2.75) is 90.8 Å². The Hall–Kier alpha value is -0.120. The predicted octanol–water partition coefficient (Wildman–Crippen LogP) is 5.57. The van der Waals surface area contributed by atoms with Crippen molar-refractivity contribution in [1.82, 2.24) is 0 Å². The van der Waals surface area contributed by atoms with Gasteiger partial charge in [0.15, 0.2) is 5.79 Å². The van der Waals surface area contributed by atoms with Gasteiger partial charge in [-0.25, -0.2) is 0 Å². The van der Waals surface area contributed by atoms with Crippen molar-refractivity contribution in [1.29, 1.82) is 0 Å². The summed E-state index contributed by atoms with van der Waals surface area (Å²) < 4.78 is 17.1. The lowest BCUT2D eigenvalue weighted by Crippen LogP contribution is -2.41. The molecular weight excluding hydrogens is 276 g/mol. The smallest absolute Gasteiger partial charge is 0.170 e. The molecule has 0 aromatic rings. The average molecular weight is 317 g/mol. The highest BCUT2D eigenvalue weighted by Crippen LogP contribution is 2.31. The normalized spacial score (nSPS) is 13.5. The molecule has 22 heavy (non-hydrogen) atoms. The Morgan fingerprint density at radius 2 is 1.41 bits per heavy atom. The number of hydrogen-bond donors (Lipinski definition) is 0. The van der Waals surface area contributed by atoms with Crippen molar-refractivity contribution in [2.24, 2.45) is 5.92 Å². The fourth-order valence-corrected chi connectivity index (χ4v) is 3.05. The van der Waals surface area contributed by atoms with Gasteiger partial charge in [-0.2, -0.15) is 0 Å². The number of unbranched alkanes of at least 4 members (excludes halogenated alkanes) is 5. The molecule has 0 aromatic carbocycles. The second-order valence-corrected chi connectivity index (χ2v) is 6.39. The van der Waals surface area contributed by atoms with Gasteiger partial charge in [0, 0.05) is 39.8 Å². The molecule has 1 atom stereocenters. The molecule has 0 N–H and O–H groups in total. The van der Waals surface area contributed by atoms with Crippen LogP contribution in [0.1, 0.15) is 85.0 Å². The summed E-state index contributed by atoms with van der Waals surface area (Å²) in [7, 11) is 3.54. The second-order valence-electron chi connectivity index (χ2n) is 6.39. The molecule has 134 valence electrons. The van der Waals surface area contributed by atoms with Gasteiger partial charge >= 0.3 is 0 Å². The van der Waals surface area contributed by atoms with Crippen LogP contribution in [0.3, 0.4) is 0 Å². The summed E-state index contributed by atoms with van der Waals surface area (Å²) in [6.45, 7) is 8.30. The molecule has 0 aliphatic heterocycles. The zero-order valence-corrected chi connectivity index (χ0v) is 15.8. The molecule has 3 heteroatoms. The Bertz CT molecular complexity index is 227. The van der Waals surface area contributed by atoms with E-state index < -0.39 is 5.79 Å². The van der Waals surface area contributed by atoms with Crippen LogP contribution in [0, 0.1) is 5.92 Å². The van der Waals surface area contributed by atoms with E-state index in [2.05, 4.69) is 20.8 Å². The molecule has 0 saturated carbocycles. The summed E-state index contributed by atoms with van der Waals surface area (Å²) in [5, 5.41) is 0. The maximum atomic E-state index is 5.77. The van der Waals surface area contributed by atoms with E-state index in [4.69, 9.17) is 14.2 Å². The summed E-state index contributed by atoms with van der Waals surface area (Å²) in [5.41, 5.74) is 0. The quantitative estimate of drug-likeness (QED) is 0.275. The standard InChI is InChI=1S/C19H40O3/c1-6-8-9-10-11-12-14-18(3)19(20-4,21-5)15-13-17-22-16-7-2/h18H,6-17H2,1-5H3/t18-/m1/s1. The number of rotatable bonds is 16. The van der Waals surface area contributed by atoms with Gasteiger partial charge in [0.25, 0.3) is 0 Å². The fourth-order valence-electron chi connectivity index (χ4n) is 3.05. The van der Waals surface area contributed by atoms with Crippen LogP contribution in [0.4, 0.5) is 0 Å². The van der Waals surface area contributed by atoms with E-state index in [0.29, 0.717) is 5.92 Å². The van der Waals surface area contributed by atoms with Gasteiger partial charge in [0.2, 0.25) is 0 Å². The molecule has 0 spiro atoms. The first-order valence-electron chi connectivity index (χ1n) is 9.34. The Balaban J connectivity index is 4.04. The van der Waals surface area contributed by atoms with Gasteiger partial charge in [0.05, 0.1) is 0 Å². The van der Waals surface area contributed by atoms with Crippen molar-refractivity contribution in [3.8, 4) is 0 Å². The van der Waals surface area contributed by atoms with E-state index in [-0.39, 0.29) is 0 Å². The average Bonchev–Trinajstić information content (AvgIpc) is 2.54. The van der Waals surface area contributed by atoms with Crippen molar-refractivity contribution in [2.75, 3.05) is 27.4 Å².